The molecule has 1 aromatic heterocycles. The first-order valence-electron chi connectivity index (χ1n) is 6.14. The van der Waals surface area contributed by atoms with Crippen molar-refractivity contribution in [3.8, 4) is 17.2 Å². The molecule has 2 rings (SSSR count). The molecule has 1 heterocycles. The first kappa shape index (κ1) is 14.3. The van der Waals surface area contributed by atoms with E-state index in [2.05, 4.69) is 0 Å². The third-order valence-electron chi connectivity index (χ3n) is 3.22. The van der Waals surface area contributed by atoms with Crippen LogP contribution in [0.1, 0.15) is 23.0 Å². The van der Waals surface area contributed by atoms with Gasteiger partial charge in [0.15, 0.2) is 0 Å². The molecule has 1 aromatic carbocycles. The number of hydrogen-bond acceptors (Lipinski definition) is 5. The molecule has 2 aromatic rings. The van der Waals surface area contributed by atoms with Crippen LogP contribution in [0, 0.1) is 6.92 Å². The Balaban J connectivity index is 2.57. The summed E-state index contributed by atoms with van der Waals surface area (Å²) in [5, 5.41) is 10.6. The number of ether oxygens (including phenoxy) is 3. The third kappa shape index (κ3) is 2.44. The molecule has 0 amide bonds. The van der Waals surface area contributed by atoms with Gasteiger partial charge in [0.2, 0.25) is 0 Å². The summed E-state index contributed by atoms with van der Waals surface area (Å²) in [5.74, 6) is 2.24. The first-order chi connectivity index (χ1) is 9.62. The minimum absolute atomic E-state index is 0.495. The number of aliphatic hydroxyl groups is 1. The highest BCUT2D eigenvalue weighted by molar-refractivity contribution is 5.54. The van der Waals surface area contributed by atoms with Crippen molar-refractivity contribution < 1.29 is 23.7 Å². The lowest BCUT2D eigenvalue weighted by molar-refractivity contribution is 0.206. The second-order valence-electron chi connectivity index (χ2n) is 4.28. The quantitative estimate of drug-likeness (QED) is 0.911. The van der Waals surface area contributed by atoms with Gasteiger partial charge in [-0.2, -0.15) is 0 Å². The van der Waals surface area contributed by atoms with Crippen LogP contribution < -0.4 is 14.2 Å². The summed E-state index contributed by atoms with van der Waals surface area (Å²) in [5.41, 5.74) is 1.21. The van der Waals surface area contributed by atoms with Crippen LogP contribution in [0.2, 0.25) is 0 Å². The van der Waals surface area contributed by atoms with Gasteiger partial charge in [-0.1, -0.05) is 0 Å². The maximum absolute atomic E-state index is 10.6. The highest BCUT2D eigenvalue weighted by Crippen LogP contribution is 2.41. The van der Waals surface area contributed by atoms with Gasteiger partial charge in [-0.05, 0) is 13.0 Å². The molecule has 1 atom stereocenters. The fraction of sp³-hybridized carbons (Fsp3) is 0.333. The van der Waals surface area contributed by atoms with Crippen molar-refractivity contribution in [3.05, 3.63) is 41.3 Å². The maximum Gasteiger partial charge on any atom is 0.132 e. The average molecular weight is 278 g/mol. The van der Waals surface area contributed by atoms with Crippen LogP contribution in [0.5, 0.6) is 17.2 Å². The third-order valence-corrected chi connectivity index (χ3v) is 3.22. The minimum Gasteiger partial charge on any atom is -0.496 e. The second-order valence-corrected chi connectivity index (χ2v) is 4.28. The Morgan fingerprint density at radius 2 is 1.65 bits per heavy atom. The van der Waals surface area contributed by atoms with E-state index in [0.717, 1.165) is 0 Å². The van der Waals surface area contributed by atoms with Crippen LogP contribution in [0.15, 0.2) is 28.9 Å². The Hall–Kier alpha value is -2.14. The van der Waals surface area contributed by atoms with Gasteiger partial charge in [0, 0.05) is 17.7 Å². The zero-order valence-electron chi connectivity index (χ0n) is 12.0. The molecule has 0 aliphatic rings. The van der Waals surface area contributed by atoms with Crippen molar-refractivity contribution in [2.75, 3.05) is 21.3 Å². The van der Waals surface area contributed by atoms with Crippen LogP contribution in [0.25, 0.3) is 0 Å². The largest absolute Gasteiger partial charge is 0.496 e. The molecule has 0 aliphatic heterocycles. The predicted octanol–water partition coefficient (Wildman–Crippen LogP) is 2.70. The Labute approximate surface area is 117 Å². The summed E-state index contributed by atoms with van der Waals surface area (Å²) in [7, 11) is 4.63. The molecule has 0 fully saturated rings. The number of benzene rings is 1. The van der Waals surface area contributed by atoms with E-state index in [1.807, 2.05) is 0 Å². The zero-order valence-corrected chi connectivity index (χ0v) is 12.0. The monoisotopic (exact) mass is 278 g/mol. The zero-order chi connectivity index (χ0) is 14.7. The van der Waals surface area contributed by atoms with Gasteiger partial charge in [-0.3, -0.25) is 0 Å². The van der Waals surface area contributed by atoms with Gasteiger partial charge < -0.3 is 23.7 Å². The Morgan fingerprint density at radius 1 is 1.05 bits per heavy atom. The Morgan fingerprint density at radius 3 is 2.05 bits per heavy atom. The molecule has 0 bridgehead atoms. The highest BCUT2D eigenvalue weighted by Gasteiger charge is 2.24. The van der Waals surface area contributed by atoms with Gasteiger partial charge in [0.05, 0.1) is 33.2 Å². The van der Waals surface area contributed by atoms with Crippen LogP contribution in [0.3, 0.4) is 0 Å². The lowest BCUT2D eigenvalue weighted by Gasteiger charge is -2.19. The lowest BCUT2D eigenvalue weighted by Crippen LogP contribution is -2.06. The van der Waals surface area contributed by atoms with Crippen molar-refractivity contribution in [1.29, 1.82) is 0 Å². The molecule has 1 unspecified atom stereocenters. The fourth-order valence-electron chi connectivity index (χ4n) is 2.14. The molecule has 5 heteroatoms. The fourth-order valence-corrected chi connectivity index (χ4v) is 2.14. The summed E-state index contributed by atoms with van der Waals surface area (Å²) < 4.78 is 21.1. The number of methoxy groups -OCH3 is 3. The van der Waals surface area contributed by atoms with Crippen molar-refractivity contribution >= 4 is 0 Å². The number of aryl methyl sites for hydroxylation is 1. The Bertz CT molecular complexity index is 563. The second kappa shape index (κ2) is 5.88. The van der Waals surface area contributed by atoms with E-state index >= 15 is 0 Å². The van der Waals surface area contributed by atoms with Gasteiger partial charge in [-0.25, -0.2) is 0 Å². The molecule has 0 saturated heterocycles. The number of furan rings is 1. The molecular formula is C15H18O5. The summed E-state index contributed by atoms with van der Waals surface area (Å²) >= 11 is 0. The van der Waals surface area contributed by atoms with Gasteiger partial charge in [0.1, 0.15) is 29.1 Å². The molecule has 20 heavy (non-hydrogen) atoms. The van der Waals surface area contributed by atoms with Crippen LogP contribution in [-0.2, 0) is 0 Å². The summed E-state index contributed by atoms with van der Waals surface area (Å²) in [6.07, 6.45) is 0.639. The van der Waals surface area contributed by atoms with Gasteiger partial charge >= 0.3 is 0 Å². The van der Waals surface area contributed by atoms with E-state index < -0.39 is 6.10 Å². The lowest BCUT2D eigenvalue weighted by atomic mass is 10.00. The van der Waals surface area contributed by atoms with Crippen molar-refractivity contribution in [2.24, 2.45) is 0 Å². The molecule has 5 nitrogen and oxygen atoms in total. The molecule has 0 saturated carbocycles. The van der Waals surface area contributed by atoms with E-state index in [0.29, 0.717) is 34.1 Å². The Kier molecular flexibility index (Phi) is 4.20. The van der Waals surface area contributed by atoms with Crippen LogP contribution in [-0.4, -0.2) is 26.4 Å². The molecule has 0 radical (unpaired) electrons. The van der Waals surface area contributed by atoms with Crippen molar-refractivity contribution in [1.82, 2.24) is 0 Å². The van der Waals surface area contributed by atoms with E-state index in [1.165, 1.54) is 20.5 Å². The first-order valence-corrected chi connectivity index (χ1v) is 6.14. The summed E-state index contributed by atoms with van der Waals surface area (Å²) in [6, 6.07) is 5.14. The topological polar surface area (TPSA) is 61.1 Å². The smallest absolute Gasteiger partial charge is 0.132 e. The van der Waals surface area contributed by atoms with Crippen molar-refractivity contribution in [3.63, 3.8) is 0 Å². The summed E-state index contributed by atoms with van der Waals surface area (Å²) in [6.45, 7) is 1.79. The molecule has 0 spiro atoms. The van der Waals surface area contributed by atoms with Gasteiger partial charge in [0.25, 0.3) is 0 Å². The van der Waals surface area contributed by atoms with Crippen LogP contribution in [0.4, 0.5) is 0 Å². The molecule has 0 aliphatic carbocycles. The standard InChI is InChI=1S/C15H18O5/c1-9-11(5-6-20-9)15(16)14-12(18-3)7-10(17-2)8-13(14)19-4/h5-8,15-16H,1-4H3. The number of aliphatic hydroxyl groups excluding tert-OH is 1. The van der Waals surface area contributed by atoms with Gasteiger partial charge in [-0.15, -0.1) is 0 Å². The van der Waals surface area contributed by atoms with E-state index in [4.69, 9.17) is 18.6 Å². The molecule has 1 N–H and O–H groups in total. The van der Waals surface area contributed by atoms with Crippen molar-refractivity contribution in [2.45, 2.75) is 13.0 Å². The summed E-state index contributed by atoms with van der Waals surface area (Å²) in [4.78, 5) is 0. The maximum atomic E-state index is 10.6. The van der Waals surface area contributed by atoms with Crippen LogP contribution >= 0.6 is 0 Å². The highest BCUT2D eigenvalue weighted by atomic mass is 16.5. The van der Waals surface area contributed by atoms with E-state index in [-0.39, 0.29) is 0 Å². The predicted molar refractivity (Wildman–Crippen MR) is 73.6 cm³/mol. The number of hydrogen-bond donors (Lipinski definition) is 1. The van der Waals surface area contributed by atoms with E-state index in [1.54, 1.807) is 32.2 Å². The van der Waals surface area contributed by atoms with E-state index in [9.17, 15) is 5.11 Å². The molecule has 108 valence electrons. The number of rotatable bonds is 5. The minimum atomic E-state index is -0.899. The SMILES string of the molecule is COc1cc(OC)c(C(O)c2ccoc2C)c(OC)c1. The molecular weight excluding hydrogens is 260 g/mol. The average Bonchev–Trinajstić information content (AvgIpc) is 2.91. The normalized spacial score (nSPS) is 12.1.